The summed E-state index contributed by atoms with van der Waals surface area (Å²) >= 11 is 0. The summed E-state index contributed by atoms with van der Waals surface area (Å²) in [5, 5.41) is 9.60. The van der Waals surface area contributed by atoms with Gasteiger partial charge in [0.25, 0.3) is 5.91 Å². The van der Waals surface area contributed by atoms with Crippen LogP contribution >= 0.6 is 0 Å². The SMILES string of the molecule is Cc1cc(C(=O)N2CCC[C@@H]2Cn2cccn2)c2c(C)nn(C)c2n1. The minimum atomic E-state index is 0.0706. The van der Waals surface area contributed by atoms with Crippen LogP contribution in [-0.2, 0) is 13.6 Å². The molecule has 0 aliphatic carbocycles. The van der Waals surface area contributed by atoms with Crippen LogP contribution in [0, 0.1) is 13.8 Å². The fourth-order valence-electron chi connectivity index (χ4n) is 3.81. The van der Waals surface area contributed by atoms with Crippen molar-refractivity contribution in [3.05, 3.63) is 41.5 Å². The molecule has 0 aromatic carbocycles. The fourth-order valence-corrected chi connectivity index (χ4v) is 3.81. The number of likely N-dealkylation sites (tertiary alicyclic amines) is 1. The van der Waals surface area contributed by atoms with E-state index in [4.69, 9.17) is 0 Å². The van der Waals surface area contributed by atoms with Gasteiger partial charge in [-0.15, -0.1) is 0 Å². The van der Waals surface area contributed by atoms with Crippen LogP contribution in [0.1, 0.15) is 34.6 Å². The minimum absolute atomic E-state index is 0.0706. The Hall–Kier alpha value is -2.70. The molecule has 25 heavy (non-hydrogen) atoms. The Morgan fingerprint density at radius 1 is 1.36 bits per heavy atom. The van der Waals surface area contributed by atoms with Crippen molar-refractivity contribution in [3.63, 3.8) is 0 Å². The summed E-state index contributed by atoms with van der Waals surface area (Å²) in [7, 11) is 1.87. The molecule has 0 radical (unpaired) electrons. The second kappa shape index (κ2) is 5.98. The first-order valence-corrected chi connectivity index (χ1v) is 8.64. The van der Waals surface area contributed by atoms with E-state index in [1.54, 1.807) is 10.9 Å². The van der Waals surface area contributed by atoms with E-state index in [1.165, 1.54) is 0 Å². The maximum absolute atomic E-state index is 13.3. The van der Waals surface area contributed by atoms with Gasteiger partial charge in [0, 0.05) is 31.7 Å². The van der Waals surface area contributed by atoms with Gasteiger partial charge in [-0.2, -0.15) is 10.2 Å². The summed E-state index contributed by atoms with van der Waals surface area (Å²) in [6.07, 6.45) is 5.75. The van der Waals surface area contributed by atoms with Gasteiger partial charge in [0.05, 0.1) is 29.2 Å². The first-order valence-electron chi connectivity index (χ1n) is 8.64. The number of aryl methyl sites for hydroxylation is 3. The summed E-state index contributed by atoms with van der Waals surface area (Å²) in [5.41, 5.74) is 3.15. The smallest absolute Gasteiger partial charge is 0.255 e. The van der Waals surface area contributed by atoms with Gasteiger partial charge in [-0.3, -0.25) is 14.2 Å². The van der Waals surface area contributed by atoms with Crippen molar-refractivity contribution >= 4 is 16.9 Å². The molecule has 0 N–H and O–H groups in total. The van der Waals surface area contributed by atoms with E-state index >= 15 is 0 Å². The lowest BCUT2D eigenvalue weighted by Gasteiger charge is -2.25. The Balaban J connectivity index is 1.72. The Morgan fingerprint density at radius 2 is 2.20 bits per heavy atom. The number of carbonyl (C=O) groups excluding carboxylic acids is 1. The lowest BCUT2D eigenvalue weighted by molar-refractivity contribution is 0.0723. The van der Waals surface area contributed by atoms with Crippen LogP contribution in [0.15, 0.2) is 24.5 Å². The number of fused-ring (bicyclic) bond motifs is 1. The van der Waals surface area contributed by atoms with Gasteiger partial charge in [-0.1, -0.05) is 0 Å². The summed E-state index contributed by atoms with van der Waals surface area (Å²) in [5.74, 6) is 0.0706. The number of amides is 1. The third kappa shape index (κ3) is 2.69. The zero-order chi connectivity index (χ0) is 17.6. The van der Waals surface area contributed by atoms with E-state index in [2.05, 4.69) is 15.2 Å². The third-order valence-corrected chi connectivity index (χ3v) is 4.92. The van der Waals surface area contributed by atoms with Gasteiger partial charge in [0.1, 0.15) is 0 Å². The van der Waals surface area contributed by atoms with E-state index in [9.17, 15) is 4.79 Å². The average molecular weight is 338 g/mol. The van der Waals surface area contributed by atoms with Gasteiger partial charge in [0.2, 0.25) is 0 Å². The van der Waals surface area contributed by atoms with E-state index in [0.29, 0.717) is 5.56 Å². The molecule has 4 heterocycles. The number of hydrogen-bond donors (Lipinski definition) is 0. The molecule has 7 heteroatoms. The maximum Gasteiger partial charge on any atom is 0.255 e. The molecule has 3 aromatic heterocycles. The molecule has 0 spiro atoms. The molecule has 1 atom stereocenters. The molecule has 130 valence electrons. The van der Waals surface area contributed by atoms with Crippen LogP contribution in [0.5, 0.6) is 0 Å². The van der Waals surface area contributed by atoms with Crippen molar-refractivity contribution in [2.45, 2.75) is 39.3 Å². The number of nitrogens with zero attached hydrogens (tertiary/aromatic N) is 6. The first-order chi connectivity index (χ1) is 12.0. The highest BCUT2D eigenvalue weighted by molar-refractivity contribution is 6.06. The van der Waals surface area contributed by atoms with Crippen LogP contribution in [0.25, 0.3) is 11.0 Å². The number of hydrogen-bond acceptors (Lipinski definition) is 4. The molecule has 4 rings (SSSR count). The number of pyridine rings is 1. The average Bonchev–Trinajstić information content (AvgIpc) is 3.30. The summed E-state index contributed by atoms with van der Waals surface area (Å²) < 4.78 is 3.65. The van der Waals surface area contributed by atoms with Crippen LogP contribution in [-0.4, -0.2) is 47.9 Å². The normalized spacial score (nSPS) is 17.6. The molecule has 1 aliphatic rings. The lowest BCUT2D eigenvalue weighted by Crippen LogP contribution is -2.38. The van der Waals surface area contributed by atoms with E-state index in [-0.39, 0.29) is 11.9 Å². The first kappa shape index (κ1) is 15.8. The van der Waals surface area contributed by atoms with Gasteiger partial charge in [0.15, 0.2) is 5.65 Å². The van der Waals surface area contributed by atoms with Crippen molar-refractivity contribution < 1.29 is 4.79 Å². The number of carbonyl (C=O) groups is 1. The quantitative estimate of drug-likeness (QED) is 0.733. The summed E-state index contributed by atoms with van der Waals surface area (Å²) in [4.78, 5) is 19.9. The van der Waals surface area contributed by atoms with Gasteiger partial charge < -0.3 is 4.90 Å². The van der Waals surface area contributed by atoms with E-state index in [1.807, 2.05) is 48.8 Å². The van der Waals surface area contributed by atoms with Crippen molar-refractivity contribution in [2.24, 2.45) is 7.05 Å². The number of rotatable bonds is 3. The Labute approximate surface area is 146 Å². The van der Waals surface area contributed by atoms with Crippen molar-refractivity contribution in [2.75, 3.05) is 6.54 Å². The molecule has 7 nitrogen and oxygen atoms in total. The molecular weight excluding hydrogens is 316 g/mol. The molecule has 1 fully saturated rings. The Bertz CT molecular complexity index is 927. The van der Waals surface area contributed by atoms with Crippen LogP contribution in [0.3, 0.4) is 0 Å². The highest BCUT2D eigenvalue weighted by atomic mass is 16.2. The minimum Gasteiger partial charge on any atom is -0.334 e. The highest BCUT2D eigenvalue weighted by Crippen LogP contribution is 2.27. The largest absolute Gasteiger partial charge is 0.334 e. The van der Waals surface area contributed by atoms with Crippen LogP contribution < -0.4 is 0 Å². The molecule has 3 aromatic rings. The van der Waals surface area contributed by atoms with Crippen molar-refractivity contribution in [1.82, 2.24) is 29.4 Å². The van der Waals surface area contributed by atoms with E-state index in [0.717, 1.165) is 48.4 Å². The highest BCUT2D eigenvalue weighted by Gasteiger charge is 2.31. The molecule has 1 amide bonds. The molecule has 0 bridgehead atoms. The van der Waals surface area contributed by atoms with Crippen LogP contribution in [0.4, 0.5) is 0 Å². The fraction of sp³-hybridized carbons (Fsp3) is 0.444. The van der Waals surface area contributed by atoms with Crippen LogP contribution in [0.2, 0.25) is 0 Å². The monoisotopic (exact) mass is 338 g/mol. The molecule has 0 saturated carbocycles. The van der Waals surface area contributed by atoms with Gasteiger partial charge in [-0.25, -0.2) is 4.98 Å². The predicted octanol–water partition coefficient (Wildman–Crippen LogP) is 2.09. The second-order valence-electron chi connectivity index (χ2n) is 6.74. The summed E-state index contributed by atoms with van der Waals surface area (Å²) in [6, 6.07) is 3.98. The third-order valence-electron chi connectivity index (χ3n) is 4.92. The molecular formula is C18H22N6O. The van der Waals surface area contributed by atoms with Gasteiger partial charge >= 0.3 is 0 Å². The maximum atomic E-state index is 13.3. The van der Waals surface area contributed by atoms with Crippen molar-refractivity contribution in [3.8, 4) is 0 Å². The lowest BCUT2D eigenvalue weighted by atomic mass is 10.1. The molecule has 0 unspecified atom stereocenters. The number of aromatic nitrogens is 5. The molecule has 1 aliphatic heterocycles. The molecule has 1 saturated heterocycles. The zero-order valence-electron chi connectivity index (χ0n) is 14.8. The van der Waals surface area contributed by atoms with Gasteiger partial charge in [-0.05, 0) is 38.8 Å². The standard InChI is InChI=1S/C18H22N6O/c1-12-10-15(16-13(2)21-22(3)17(16)20-12)18(25)24-9-4-6-14(24)11-23-8-5-7-19-23/h5,7-8,10,14H,4,6,9,11H2,1-3H3/t14-/m1/s1. The second-order valence-corrected chi connectivity index (χ2v) is 6.74. The van der Waals surface area contributed by atoms with E-state index < -0.39 is 0 Å². The topological polar surface area (TPSA) is 68.8 Å². The Kier molecular flexibility index (Phi) is 3.78. The summed E-state index contributed by atoms with van der Waals surface area (Å²) in [6.45, 7) is 5.37. The predicted molar refractivity (Wildman–Crippen MR) is 94.3 cm³/mol. The van der Waals surface area contributed by atoms with Crippen molar-refractivity contribution in [1.29, 1.82) is 0 Å². The Morgan fingerprint density at radius 3 is 2.96 bits per heavy atom. The zero-order valence-corrected chi connectivity index (χ0v) is 14.8.